The second-order valence-electron chi connectivity index (χ2n) is 8.60. The van der Waals surface area contributed by atoms with Gasteiger partial charge in [0.2, 0.25) is 5.91 Å². The zero-order valence-corrected chi connectivity index (χ0v) is 21.1. The lowest BCUT2D eigenvalue weighted by Gasteiger charge is -2.23. The second-order valence-corrected chi connectivity index (χ2v) is 8.60. The molecule has 39 heavy (non-hydrogen) atoms. The number of anilines is 2. The molecule has 2 N–H and O–H groups in total. The third-order valence-electron chi connectivity index (χ3n) is 5.86. The number of halogens is 3. The van der Waals surface area contributed by atoms with Crippen LogP contribution in [0, 0.1) is 12.8 Å². The molecule has 1 aliphatic heterocycles. The Morgan fingerprint density at radius 3 is 2.56 bits per heavy atom. The van der Waals surface area contributed by atoms with Gasteiger partial charge < -0.3 is 20.1 Å². The van der Waals surface area contributed by atoms with Gasteiger partial charge >= 0.3 is 6.18 Å². The number of nitrogens with zero attached hydrogens (tertiary/aromatic N) is 4. The van der Waals surface area contributed by atoms with E-state index in [4.69, 9.17) is 9.47 Å². The number of carbonyl (C=O) groups is 2. The lowest BCUT2D eigenvalue weighted by atomic mass is 9.98. The molecule has 0 bridgehead atoms. The van der Waals surface area contributed by atoms with Crippen molar-refractivity contribution in [3.05, 3.63) is 71.6 Å². The van der Waals surface area contributed by atoms with E-state index in [1.165, 1.54) is 37.8 Å². The highest BCUT2D eigenvalue weighted by atomic mass is 19.4. The van der Waals surface area contributed by atoms with E-state index in [-0.39, 0.29) is 30.2 Å². The number of nitrogens with one attached hydrogen (secondary N) is 2. The molecule has 1 saturated heterocycles. The predicted molar refractivity (Wildman–Crippen MR) is 135 cm³/mol. The van der Waals surface area contributed by atoms with Crippen molar-refractivity contribution in [2.75, 3.05) is 25.6 Å². The van der Waals surface area contributed by atoms with Crippen LogP contribution in [0.2, 0.25) is 0 Å². The Labute approximate surface area is 221 Å². The van der Waals surface area contributed by atoms with Crippen LogP contribution in [0.1, 0.15) is 33.9 Å². The van der Waals surface area contributed by atoms with Crippen LogP contribution in [-0.4, -0.2) is 52.8 Å². The van der Waals surface area contributed by atoms with Gasteiger partial charge in [0.05, 0.1) is 67.2 Å². The number of hydrogen-bond donors (Lipinski definition) is 2. The molecule has 4 rings (SSSR count). The largest absolute Gasteiger partial charge is 0.497 e. The fourth-order valence-corrected chi connectivity index (χ4v) is 3.76. The van der Waals surface area contributed by atoms with Crippen molar-refractivity contribution in [3.63, 3.8) is 0 Å². The number of aliphatic imine (C=N–C) groups is 1. The lowest BCUT2D eigenvalue weighted by Crippen LogP contribution is -2.41. The molecule has 0 radical (unpaired) electrons. The summed E-state index contributed by atoms with van der Waals surface area (Å²) in [6.07, 6.45) is -0.138. The Morgan fingerprint density at radius 1 is 1.13 bits per heavy atom. The molecule has 2 amide bonds. The number of amides is 2. The van der Waals surface area contributed by atoms with Crippen molar-refractivity contribution in [1.29, 1.82) is 0 Å². The van der Waals surface area contributed by atoms with Crippen LogP contribution in [0.25, 0.3) is 0 Å². The standard InChI is InChI=1S/C26H25F3N6O4/c1-15-30-10-16(11-31-15)24(36)35-22-7-8-39-14-20(22)25(37)33-12-17-3-4-18(13-32-17)34-23-6-5-19(38-2)9-21(23)26(27,28)29/h3-6,9-11,13,20,34H,7-8,12,14H2,1-2H3,(H,33,37)/t20-/m0/s1. The van der Waals surface area contributed by atoms with E-state index < -0.39 is 29.5 Å². The maximum atomic E-state index is 13.5. The number of hydrogen-bond acceptors (Lipinski definition) is 8. The monoisotopic (exact) mass is 542 g/mol. The van der Waals surface area contributed by atoms with E-state index >= 15 is 0 Å². The molecule has 13 heteroatoms. The van der Waals surface area contributed by atoms with Gasteiger partial charge in [-0.2, -0.15) is 13.2 Å². The number of aryl methyl sites for hydroxylation is 1. The number of alkyl halides is 3. The molecule has 1 aromatic carbocycles. The van der Waals surface area contributed by atoms with Gasteiger partial charge in [-0.05, 0) is 37.3 Å². The number of rotatable bonds is 7. The topological polar surface area (TPSA) is 128 Å². The van der Waals surface area contributed by atoms with Crippen molar-refractivity contribution in [2.45, 2.75) is 26.1 Å². The average Bonchev–Trinajstić information content (AvgIpc) is 2.92. The number of aromatic nitrogens is 3. The van der Waals surface area contributed by atoms with Crippen LogP contribution in [0.3, 0.4) is 0 Å². The summed E-state index contributed by atoms with van der Waals surface area (Å²) in [5, 5.41) is 5.46. The van der Waals surface area contributed by atoms with Gasteiger partial charge in [-0.25, -0.2) is 15.0 Å². The highest BCUT2D eigenvalue weighted by Crippen LogP contribution is 2.38. The Kier molecular flexibility index (Phi) is 8.49. The van der Waals surface area contributed by atoms with Crippen LogP contribution in [-0.2, 0) is 22.3 Å². The predicted octanol–water partition coefficient (Wildman–Crippen LogP) is 3.89. The summed E-state index contributed by atoms with van der Waals surface area (Å²) >= 11 is 0. The summed E-state index contributed by atoms with van der Waals surface area (Å²) in [5.74, 6) is -1.08. The minimum Gasteiger partial charge on any atom is -0.497 e. The van der Waals surface area contributed by atoms with Crippen LogP contribution in [0.4, 0.5) is 24.5 Å². The third kappa shape index (κ3) is 7.13. The smallest absolute Gasteiger partial charge is 0.418 e. The van der Waals surface area contributed by atoms with Gasteiger partial charge in [0.15, 0.2) is 0 Å². The molecule has 0 saturated carbocycles. The number of benzene rings is 1. The minimum atomic E-state index is -4.59. The maximum Gasteiger partial charge on any atom is 0.418 e. The molecule has 3 heterocycles. The van der Waals surface area contributed by atoms with Crippen LogP contribution >= 0.6 is 0 Å². The molecule has 204 valence electrons. The summed E-state index contributed by atoms with van der Waals surface area (Å²) in [5.41, 5.74) is 0.392. The first-order valence-electron chi connectivity index (χ1n) is 11.9. The number of pyridine rings is 1. The van der Waals surface area contributed by atoms with Gasteiger partial charge in [0.1, 0.15) is 11.6 Å². The van der Waals surface area contributed by atoms with Gasteiger partial charge in [-0.15, -0.1) is 0 Å². The number of methoxy groups -OCH3 is 1. The molecule has 0 unspecified atom stereocenters. The van der Waals surface area contributed by atoms with E-state index in [9.17, 15) is 22.8 Å². The molecule has 2 aromatic heterocycles. The third-order valence-corrected chi connectivity index (χ3v) is 5.86. The summed E-state index contributed by atoms with van der Waals surface area (Å²) in [7, 11) is 1.29. The quantitative estimate of drug-likeness (QED) is 0.461. The number of carbonyl (C=O) groups excluding carboxylic acids is 2. The summed E-state index contributed by atoms with van der Waals surface area (Å²) < 4.78 is 50.7. The van der Waals surface area contributed by atoms with Gasteiger partial charge in [0, 0.05) is 24.5 Å². The van der Waals surface area contributed by atoms with Crippen molar-refractivity contribution >= 4 is 28.9 Å². The average molecular weight is 543 g/mol. The fraction of sp³-hybridized carbons (Fsp3) is 0.308. The van der Waals surface area contributed by atoms with Gasteiger partial charge in [0.25, 0.3) is 5.91 Å². The van der Waals surface area contributed by atoms with Crippen LogP contribution in [0.15, 0.2) is 53.9 Å². The van der Waals surface area contributed by atoms with E-state index in [0.29, 0.717) is 35.9 Å². The molecule has 10 nitrogen and oxygen atoms in total. The van der Waals surface area contributed by atoms with Crippen LogP contribution in [0.5, 0.6) is 5.75 Å². The van der Waals surface area contributed by atoms with Crippen molar-refractivity contribution in [1.82, 2.24) is 20.3 Å². The Hall–Kier alpha value is -4.39. The van der Waals surface area contributed by atoms with E-state index in [2.05, 4.69) is 30.6 Å². The highest BCUT2D eigenvalue weighted by molar-refractivity contribution is 6.11. The van der Waals surface area contributed by atoms with E-state index in [1.54, 1.807) is 19.1 Å². The molecule has 0 aliphatic carbocycles. The highest BCUT2D eigenvalue weighted by Gasteiger charge is 2.34. The van der Waals surface area contributed by atoms with Gasteiger partial charge in [-0.1, -0.05) is 0 Å². The Bertz CT molecular complexity index is 1360. The SMILES string of the molecule is COc1ccc(Nc2ccc(CNC(=O)[C@H]3COCCC3=NC(=O)c3cnc(C)nc3)nc2)c(C(F)(F)F)c1. The van der Waals surface area contributed by atoms with Crippen molar-refractivity contribution < 1.29 is 32.2 Å². The molecule has 1 fully saturated rings. The molecular formula is C26H25F3N6O4. The van der Waals surface area contributed by atoms with E-state index in [0.717, 1.165) is 6.07 Å². The molecule has 0 spiro atoms. The first kappa shape index (κ1) is 27.6. The van der Waals surface area contributed by atoms with E-state index in [1.807, 2.05) is 0 Å². The minimum absolute atomic E-state index is 0.0545. The lowest BCUT2D eigenvalue weighted by molar-refractivity contribution is -0.137. The first-order valence-corrected chi connectivity index (χ1v) is 11.9. The zero-order chi connectivity index (χ0) is 28.0. The first-order chi connectivity index (χ1) is 18.6. The fourth-order valence-electron chi connectivity index (χ4n) is 3.76. The van der Waals surface area contributed by atoms with Crippen molar-refractivity contribution in [3.8, 4) is 5.75 Å². The second kappa shape index (κ2) is 12.0. The Morgan fingerprint density at radius 2 is 1.90 bits per heavy atom. The van der Waals surface area contributed by atoms with Gasteiger partial charge in [-0.3, -0.25) is 14.6 Å². The summed E-state index contributed by atoms with van der Waals surface area (Å²) in [6.45, 7) is 2.16. The summed E-state index contributed by atoms with van der Waals surface area (Å²) in [4.78, 5) is 41.7. The maximum absolute atomic E-state index is 13.5. The zero-order valence-electron chi connectivity index (χ0n) is 21.1. The van der Waals surface area contributed by atoms with Crippen molar-refractivity contribution in [2.24, 2.45) is 10.9 Å². The molecule has 1 atom stereocenters. The normalized spacial score (nSPS) is 16.5. The summed E-state index contributed by atoms with van der Waals surface area (Å²) in [6, 6.07) is 6.74. The van der Waals surface area contributed by atoms with Crippen LogP contribution < -0.4 is 15.4 Å². The molecular weight excluding hydrogens is 517 g/mol. The number of ether oxygens (including phenoxy) is 2. The molecule has 1 aliphatic rings. The molecule has 3 aromatic rings. The Balaban J connectivity index is 1.39.